The first kappa shape index (κ1) is 18.4. The molecule has 1 aliphatic rings. The van der Waals surface area contributed by atoms with Crippen molar-refractivity contribution in [2.45, 2.75) is 52.0 Å². The van der Waals surface area contributed by atoms with Crippen molar-refractivity contribution in [3.8, 4) is 0 Å². The number of allylic oxidation sites excluding steroid dienone is 2. The van der Waals surface area contributed by atoms with Crippen molar-refractivity contribution in [3.05, 3.63) is 83.1 Å². The fourth-order valence-corrected chi connectivity index (χ4v) is 3.75. The molecule has 0 fully saturated rings. The van der Waals surface area contributed by atoms with Crippen LogP contribution in [0.5, 0.6) is 0 Å². The van der Waals surface area contributed by atoms with Gasteiger partial charge in [-0.2, -0.15) is 0 Å². The third kappa shape index (κ3) is 4.63. The Balaban J connectivity index is 1.89. The number of benzene rings is 2. The van der Waals surface area contributed by atoms with Gasteiger partial charge < -0.3 is 4.90 Å². The molecule has 0 saturated heterocycles. The van der Waals surface area contributed by atoms with Gasteiger partial charge in [0.2, 0.25) is 0 Å². The zero-order valence-corrected chi connectivity index (χ0v) is 15.8. The molecule has 0 amide bonds. The van der Waals surface area contributed by atoms with E-state index in [0.29, 0.717) is 0 Å². The van der Waals surface area contributed by atoms with Crippen LogP contribution < -0.4 is 0 Å². The first-order chi connectivity index (χ1) is 12.8. The Morgan fingerprint density at radius 3 is 2.35 bits per heavy atom. The second-order valence-corrected chi connectivity index (χ2v) is 7.09. The van der Waals surface area contributed by atoms with Crippen molar-refractivity contribution in [3.63, 3.8) is 0 Å². The number of ketones is 1. The summed E-state index contributed by atoms with van der Waals surface area (Å²) in [5.41, 5.74) is 4.45. The molecule has 0 unspecified atom stereocenters. The number of hydrogen-bond donors (Lipinski definition) is 0. The van der Waals surface area contributed by atoms with E-state index in [1.807, 2.05) is 30.3 Å². The van der Waals surface area contributed by atoms with Crippen LogP contribution in [0.4, 0.5) is 0 Å². The minimum atomic E-state index is 0.217. The third-order valence-electron chi connectivity index (χ3n) is 5.13. The highest BCUT2D eigenvalue weighted by molar-refractivity contribution is 6.09. The van der Waals surface area contributed by atoms with E-state index >= 15 is 0 Å². The molecule has 3 rings (SSSR count). The fraction of sp³-hybridized carbons (Fsp3) is 0.375. The molecule has 2 nitrogen and oxygen atoms in total. The van der Waals surface area contributed by atoms with Gasteiger partial charge in [0.15, 0.2) is 5.78 Å². The van der Waals surface area contributed by atoms with Crippen LogP contribution in [0.15, 0.2) is 71.9 Å². The molecule has 26 heavy (non-hydrogen) atoms. The van der Waals surface area contributed by atoms with Crippen LogP contribution in [0.25, 0.3) is 0 Å². The van der Waals surface area contributed by atoms with Gasteiger partial charge >= 0.3 is 0 Å². The van der Waals surface area contributed by atoms with Crippen LogP contribution in [0.3, 0.4) is 0 Å². The van der Waals surface area contributed by atoms with Gasteiger partial charge in [-0.1, -0.05) is 80.4 Å². The number of Topliss-reactive ketones (excluding diaryl/α,β-unsaturated/α-hetero) is 1. The molecule has 0 atom stereocenters. The van der Waals surface area contributed by atoms with Crippen LogP contribution >= 0.6 is 0 Å². The Kier molecular flexibility index (Phi) is 6.65. The molecule has 0 spiro atoms. The highest BCUT2D eigenvalue weighted by atomic mass is 16.1. The molecule has 0 radical (unpaired) electrons. The Bertz CT molecular complexity index is 733. The third-order valence-corrected chi connectivity index (χ3v) is 5.13. The van der Waals surface area contributed by atoms with E-state index in [1.54, 1.807) is 0 Å². The zero-order chi connectivity index (χ0) is 18.2. The standard InChI is InChI=1S/C24H29NO/c1-2-3-6-17-23-22(24(26)21-14-9-5-10-15-21)16-11-18-25(23)19-20-12-7-4-8-13-20/h4-5,7-10,12-15H,2-3,6,11,16-19H2,1H3. The van der Waals surface area contributed by atoms with E-state index < -0.39 is 0 Å². The van der Waals surface area contributed by atoms with Crippen LogP contribution in [0.2, 0.25) is 0 Å². The number of carbonyl (C=O) groups excluding carboxylic acids is 1. The maximum absolute atomic E-state index is 13.2. The van der Waals surface area contributed by atoms with E-state index in [1.165, 1.54) is 24.1 Å². The summed E-state index contributed by atoms with van der Waals surface area (Å²) in [7, 11) is 0. The lowest BCUT2D eigenvalue weighted by Gasteiger charge is -2.34. The molecule has 2 aromatic rings. The number of nitrogens with zero attached hydrogens (tertiary/aromatic N) is 1. The molecule has 2 heteroatoms. The smallest absolute Gasteiger partial charge is 0.190 e. The largest absolute Gasteiger partial charge is 0.370 e. The monoisotopic (exact) mass is 347 g/mol. The van der Waals surface area contributed by atoms with Crippen LogP contribution in [0, 0.1) is 0 Å². The number of hydrogen-bond acceptors (Lipinski definition) is 2. The average molecular weight is 348 g/mol. The van der Waals surface area contributed by atoms with Gasteiger partial charge in [-0.15, -0.1) is 0 Å². The predicted molar refractivity (Wildman–Crippen MR) is 108 cm³/mol. The normalized spacial score (nSPS) is 14.6. The average Bonchev–Trinajstić information content (AvgIpc) is 2.70. The van der Waals surface area contributed by atoms with E-state index in [0.717, 1.165) is 49.9 Å². The highest BCUT2D eigenvalue weighted by Crippen LogP contribution is 2.30. The van der Waals surface area contributed by atoms with Gasteiger partial charge in [-0.3, -0.25) is 4.79 Å². The van der Waals surface area contributed by atoms with Gasteiger partial charge in [-0.25, -0.2) is 0 Å². The molecule has 0 aromatic heterocycles. The molecule has 0 aliphatic carbocycles. The summed E-state index contributed by atoms with van der Waals surface area (Å²) in [5, 5.41) is 0. The molecule has 1 aliphatic heterocycles. The van der Waals surface area contributed by atoms with E-state index in [9.17, 15) is 4.79 Å². The van der Waals surface area contributed by atoms with Crippen molar-refractivity contribution < 1.29 is 4.79 Å². The second-order valence-electron chi connectivity index (χ2n) is 7.09. The number of unbranched alkanes of at least 4 members (excludes halogenated alkanes) is 2. The highest BCUT2D eigenvalue weighted by Gasteiger charge is 2.25. The Morgan fingerprint density at radius 2 is 1.65 bits per heavy atom. The molecule has 0 saturated carbocycles. The van der Waals surface area contributed by atoms with Crippen molar-refractivity contribution in [1.29, 1.82) is 0 Å². The fourth-order valence-electron chi connectivity index (χ4n) is 3.75. The minimum Gasteiger partial charge on any atom is -0.370 e. The predicted octanol–water partition coefficient (Wildman–Crippen LogP) is 6.00. The topological polar surface area (TPSA) is 20.3 Å². The summed E-state index contributed by atoms with van der Waals surface area (Å²) in [6.07, 6.45) is 6.54. The van der Waals surface area contributed by atoms with E-state index in [-0.39, 0.29) is 5.78 Å². The Hall–Kier alpha value is -2.35. The summed E-state index contributed by atoms with van der Waals surface area (Å²) in [5.74, 6) is 0.217. The van der Waals surface area contributed by atoms with Gasteiger partial charge in [-0.05, 0) is 31.2 Å². The maximum Gasteiger partial charge on any atom is 0.190 e. The minimum absolute atomic E-state index is 0.217. The lowest BCUT2D eigenvalue weighted by Crippen LogP contribution is -2.30. The summed E-state index contributed by atoms with van der Waals surface area (Å²) >= 11 is 0. The van der Waals surface area contributed by atoms with Crippen LogP contribution in [0.1, 0.15) is 61.4 Å². The number of rotatable bonds is 8. The Morgan fingerprint density at radius 1 is 0.962 bits per heavy atom. The molecular formula is C24H29NO. The second kappa shape index (κ2) is 9.38. The van der Waals surface area contributed by atoms with Crippen molar-refractivity contribution in [1.82, 2.24) is 4.90 Å². The lowest BCUT2D eigenvalue weighted by molar-refractivity contribution is 0.101. The molecule has 136 valence electrons. The molecule has 0 bridgehead atoms. The number of carbonyl (C=O) groups is 1. The molecule has 2 aromatic carbocycles. The molecule has 0 N–H and O–H groups in total. The van der Waals surface area contributed by atoms with Crippen molar-refractivity contribution in [2.24, 2.45) is 0 Å². The molecule has 1 heterocycles. The van der Waals surface area contributed by atoms with Crippen molar-refractivity contribution >= 4 is 5.78 Å². The SMILES string of the molecule is CCCCCC1=C(C(=O)c2ccccc2)CCCN1Cc1ccccc1. The van der Waals surface area contributed by atoms with Gasteiger partial charge in [0, 0.05) is 29.9 Å². The zero-order valence-electron chi connectivity index (χ0n) is 15.8. The Labute approximate surface area is 157 Å². The van der Waals surface area contributed by atoms with Gasteiger partial charge in [0.05, 0.1) is 0 Å². The molecular weight excluding hydrogens is 318 g/mol. The van der Waals surface area contributed by atoms with Crippen LogP contribution in [-0.4, -0.2) is 17.2 Å². The van der Waals surface area contributed by atoms with E-state index in [2.05, 4.69) is 42.2 Å². The van der Waals surface area contributed by atoms with Gasteiger partial charge in [0.1, 0.15) is 0 Å². The van der Waals surface area contributed by atoms with Gasteiger partial charge in [0.25, 0.3) is 0 Å². The summed E-state index contributed by atoms with van der Waals surface area (Å²) in [4.78, 5) is 15.6. The summed E-state index contributed by atoms with van der Waals surface area (Å²) in [6, 6.07) is 20.4. The maximum atomic E-state index is 13.2. The van der Waals surface area contributed by atoms with E-state index in [4.69, 9.17) is 0 Å². The van der Waals surface area contributed by atoms with Crippen molar-refractivity contribution in [2.75, 3.05) is 6.54 Å². The summed E-state index contributed by atoms with van der Waals surface area (Å²) in [6.45, 7) is 4.17. The van der Waals surface area contributed by atoms with Crippen LogP contribution in [-0.2, 0) is 6.54 Å². The lowest BCUT2D eigenvalue weighted by atomic mass is 9.91. The first-order valence-electron chi connectivity index (χ1n) is 9.90. The summed E-state index contributed by atoms with van der Waals surface area (Å²) < 4.78 is 0. The first-order valence-corrected chi connectivity index (χ1v) is 9.90. The quantitative estimate of drug-likeness (QED) is 0.431.